The summed E-state index contributed by atoms with van der Waals surface area (Å²) >= 11 is 0. The molecule has 1 unspecified atom stereocenters. The van der Waals surface area contributed by atoms with Crippen molar-refractivity contribution in [2.75, 3.05) is 41.4 Å². The monoisotopic (exact) mass is 567 g/mol. The Morgan fingerprint density at radius 3 is 2.33 bits per heavy atom. The number of benzene rings is 2. The van der Waals surface area contributed by atoms with Crippen LogP contribution in [0.2, 0.25) is 0 Å². The number of guanidine groups is 1. The lowest BCUT2D eigenvalue weighted by atomic mass is 10.1. The fraction of sp³-hybridized carbons (Fsp3) is 0.417. The van der Waals surface area contributed by atoms with Crippen molar-refractivity contribution >= 4 is 35.8 Å². The summed E-state index contributed by atoms with van der Waals surface area (Å²) in [7, 11) is 6.75. The number of rotatable bonds is 8. The van der Waals surface area contributed by atoms with Crippen LogP contribution >= 0.6 is 24.0 Å². The van der Waals surface area contributed by atoms with Gasteiger partial charge in [-0.3, -0.25) is 14.7 Å². The van der Waals surface area contributed by atoms with Gasteiger partial charge in [-0.15, -0.1) is 24.0 Å². The number of carbonyl (C=O) groups is 1. The Morgan fingerprint density at radius 2 is 1.76 bits per heavy atom. The largest absolute Gasteiger partial charge is 0.497 e. The van der Waals surface area contributed by atoms with Gasteiger partial charge in [0, 0.05) is 57.9 Å². The van der Waals surface area contributed by atoms with Crippen LogP contribution in [0.5, 0.6) is 11.5 Å². The Labute approximate surface area is 213 Å². The summed E-state index contributed by atoms with van der Waals surface area (Å²) in [5.41, 5.74) is 2.91. The minimum absolute atomic E-state index is 0. The first-order valence-electron chi connectivity index (χ1n) is 10.8. The van der Waals surface area contributed by atoms with E-state index in [1.54, 1.807) is 28.3 Å². The molecule has 0 radical (unpaired) electrons. The van der Waals surface area contributed by atoms with E-state index in [-0.39, 0.29) is 29.9 Å². The third-order valence-electron chi connectivity index (χ3n) is 5.56. The Hall–Kier alpha value is -2.53. The molecule has 1 heterocycles. The van der Waals surface area contributed by atoms with Gasteiger partial charge < -0.3 is 25.4 Å². The van der Waals surface area contributed by atoms with E-state index < -0.39 is 0 Å². The highest BCUT2D eigenvalue weighted by Crippen LogP contribution is 2.24. The average Bonchev–Trinajstić information content (AvgIpc) is 3.27. The van der Waals surface area contributed by atoms with Crippen molar-refractivity contribution in [1.29, 1.82) is 0 Å². The van der Waals surface area contributed by atoms with Gasteiger partial charge in [-0.25, -0.2) is 0 Å². The lowest BCUT2D eigenvalue weighted by molar-refractivity contribution is 0.0963. The Balaban J connectivity index is 0.00000385. The molecule has 0 aliphatic carbocycles. The number of likely N-dealkylation sites (tertiary alicyclic amines) is 1. The van der Waals surface area contributed by atoms with Gasteiger partial charge >= 0.3 is 0 Å². The second kappa shape index (κ2) is 13.2. The van der Waals surface area contributed by atoms with E-state index in [1.807, 2.05) is 30.3 Å². The zero-order chi connectivity index (χ0) is 22.9. The third-order valence-corrected chi connectivity index (χ3v) is 5.56. The molecule has 3 rings (SSSR count). The Bertz CT molecular complexity index is 914. The van der Waals surface area contributed by atoms with Crippen molar-refractivity contribution in [1.82, 2.24) is 20.9 Å². The van der Waals surface area contributed by atoms with E-state index in [4.69, 9.17) is 9.47 Å². The van der Waals surface area contributed by atoms with Crippen LogP contribution in [-0.2, 0) is 13.1 Å². The molecule has 1 atom stereocenters. The molecule has 33 heavy (non-hydrogen) atoms. The van der Waals surface area contributed by atoms with Crippen LogP contribution in [0.4, 0.5) is 0 Å². The molecule has 180 valence electrons. The van der Waals surface area contributed by atoms with E-state index in [0.717, 1.165) is 49.1 Å². The smallest absolute Gasteiger partial charge is 0.251 e. The third kappa shape index (κ3) is 7.78. The van der Waals surface area contributed by atoms with E-state index >= 15 is 0 Å². The van der Waals surface area contributed by atoms with Crippen LogP contribution in [-0.4, -0.2) is 64.2 Å². The van der Waals surface area contributed by atoms with E-state index in [9.17, 15) is 4.79 Å². The molecular formula is C24H34IN5O3. The average molecular weight is 567 g/mol. The molecule has 2 aromatic rings. The number of hydrogen-bond donors (Lipinski definition) is 3. The van der Waals surface area contributed by atoms with Crippen LogP contribution in [0.25, 0.3) is 0 Å². The maximum atomic E-state index is 11.7. The molecule has 0 aromatic heterocycles. The number of ether oxygens (including phenoxy) is 2. The molecule has 3 N–H and O–H groups in total. The number of aliphatic imine (C=N–C) groups is 1. The first-order valence-corrected chi connectivity index (χ1v) is 10.8. The summed E-state index contributed by atoms with van der Waals surface area (Å²) in [6.07, 6.45) is 1.04. The van der Waals surface area contributed by atoms with Crippen molar-refractivity contribution in [3.63, 3.8) is 0 Å². The minimum atomic E-state index is -0.0832. The first-order chi connectivity index (χ1) is 15.5. The van der Waals surface area contributed by atoms with Crippen molar-refractivity contribution in [2.45, 2.75) is 25.6 Å². The quantitative estimate of drug-likeness (QED) is 0.259. The van der Waals surface area contributed by atoms with Gasteiger partial charge in [0.15, 0.2) is 5.96 Å². The predicted molar refractivity (Wildman–Crippen MR) is 142 cm³/mol. The molecule has 0 spiro atoms. The van der Waals surface area contributed by atoms with E-state index in [0.29, 0.717) is 18.2 Å². The molecule has 9 heteroatoms. The van der Waals surface area contributed by atoms with Crippen molar-refractivity contribution in [3.05, 3.63) is 59.2 Å². The number of nitrogens with zero attached hydrogens (tertiary/aromatic N) is 2. The summed E-state index contributed by atoms with van der Waals surface area (Å²) < 4.78 is 10.8. The SMILES string of the molecule is CN=C(NCc1ccc(C(=O)NC)cc1)NC1CCN(Cc2cc(OC)cc(OC)c2)C1.I. The first kappa shape index (κ1) is 26.7. The zero-order valence-corrected chi connectivity index (χ0v) is 22.0. The van der Waals surface area contributed by atoms with Gasteiger partial charge in [0.2, 0.25) is 0 Å². The van der Waals surface area contributed by atoms with Crippen LogP contribution in [0.3, 0.4) is 0 Å². The van der Waals surface area contributed by atoms with Crippen molar-refractivity contribution < 1.29 is 14.3 Å². The van der Waals surface area contributed by atoms with Crippen molar-refractivity contribution in [3.8, 4) is 11.5 Å². The van der Waals surface area contributed by atoms with E-state index in [1.165, 1.54) is 5.56 Å². The molecular weight excluding hydrogens is 533 g/mol. The fourth-order valence-corrected chi connectivity index (χ4v) is 3.80. The highest BCUT2D eigenvalue weighted by molar-refractivity contribution is 14.0. The van der Waals surface area contributed by atoms with Gasteiger partial charge in [0.1, 0.15) is 11.5 Å². The highest BCUT2D eigenvalue weighted by atomic mass is 127. The van der Waals surface area contributed by atoms with E-state index in [2.05, 4.69) is 38.0 Å². The molecule has 1 aliphatic rings. The Kier molecular flexibility index (Phi) is 10.7. The lowest BCUT2D eigenvalue weighted by Gasteiger charge is -2.19. The van der Waals surface area contributed by atoms with Gasteiger partial charge in [-0.1, -0.05) is 12.1 Å². The molecule has 0 saturated carbocycles. The summed E-state index contributed by atoms with van der Waals surface area (Å²) in [5, 5.41) is 9.51. The van der Waals surface area contributed by atoms with Gasteiger partial charge in [-0.05, 0) is 41.8 Å². The van der Waals surface area contributed by atoms with Crippen LogP contribution < -0.4 is 25.4 Å². The normalized spacial score (nSPS) is 16.0. The zero-order valence-electron chi connectivity index (χ0n) is 19.7. The number of methoxy groups -OCH3 is 2. The fourth-order valence-electron chi connectivity index (χ4n) is 3.80. The summed E-state index contributed by atoms with van der Waals surface area (Å²) in [6, 6.07) is 13.9. The number of nitrogens with one attached hydrogen (secondary N) is 3. The molecule has 2 aromatic carbocycles. The number of hydrogen-bond acceptors (Lipinski definition) is 5. The second-order valence-electron chi connectivity index (χ2n) is 7.79. The molecule has 1 fully saturated rings. The van der Waals surface area contributed by atoms with Crippen LogP contribution in [0, 0.1) is 0 Å². The summed E-state index contributed by atoms with van der Waals surface area (Å²) in [6.45, 7) is 3.42. The van der Waals surface area contributed by atoms with Crippen LogP contribution in [0.1, 0.15) is 27.9 Å². The van der Waals surface area contributed by atoms with Crippen molar-refractivity contribution in [2.24, 2.45) is 4.99 Å². The summed E-state index contributed by atoms with van der Waals surface area (Å²) in [5.74, 6) is 2.30. The number of halogens is 1. The van der Waals surface area contributed by atoms with Gasteiger partial charge in [-0.2, -0.15) is 0 Å². The molecule has 1 aliphatic heterocycles. The number of amides is 1. The topological polar surface area (TPSA) is 87.2 Å². The maximum absolute atomic E-state index is 11.7. The lowest BCUT2D eigenvalue weighted by Crippen LogP contribution is -2.44. The summed E-state index contributed by atoms with van der Waals surface area (Å²) in [4.78, 5) is 18.4. The molecule has 1 saturated heterocycles. The Morgan fingerprint density at radius 1 is 1.09 bits per heavy atom. The maximum Gasteiger partial charge on any atom is 0.251 e. The van der Waals surface area contributed by atoms with Crippen LogP contribution in [0.15, 0.2) is 47.5 Å². The molecule has 0 bridgehead atoms. The molecule has 8 nitrogen and oxygen atoms in total. The second-order valence-corrected chi connectivity index (χ2v) is 7.79. The molecule has 1 amide bonds. The van der Waals surface area contributed by atoms with Gasteiger partial charge in [0.05, 0.1) is 14.2 Å². The minimum Gasteiger partial charge on any atom is -0.497 e. The highest BCUT2D eigenvalue weighted by Gasteiger charge is 2.23. The predicted octanol–water partition coefficient (Wildman–Crippen LogP) is 2.62. The van der Waals surface area contributed by atoms with Gasteiger partial charge in [0.25, 0.3) is 5.91 Å². The number of carbonyl (C=O) groups excluding carboxylic acids is 1. The standard InChI is InChI=1S/C24H33N5O3.HI/c1-25-23(30)19-7-5-17(6-8-19)14-27-24(26-2)28-20-9-10-29(16-20)15-18-11-21(31-3)13-22(12-18)32-4;/h5-8,11-13,20H,9-10,14-16H2,1-4H3,(H,25,30)(H2,26,27,28);1H.